The van der Waals surface area contributed by atoms with E-state index >= 15 is 0 Å². The molecule has 1 aliphatic rings. The molecule has 0 saturated heterocycles. The lowest BCUT2D eigenvalue weighted by Crippen LogP contribution is -2.37. The Bertz CT molecular complexity index is 1240. The number of thiazole rings is 1. The van der Waals surface area contributed by atoms with Crippen molar-refractivity contribution >= 4 is 27.9 Å². The summed E-state index contributed by atoms with van der Waals surface area (Å²) in [4.78, 5) is 20.9. The third-order valence-electron chi connectivity index (χ3n) is 5.89. The highest BCUT2D eigenvalue weighted by atomic mass is 32.1. The first-order valence-electron chi connectivity index (χ1n) is 9.94. The van der Waals surface area contributed by atoms with Crippen LogP contribution < -0.4 is 4.90 Å². The third-order valence-corrected chi connectivity index (χ3v) is 6.78. The summed E-state index contributed by atoms with van der Waals surface area (Å²) in [5.41, 5.74) is 7.91. The van der Waals surface area contributed by atoms with E-state index in [-0.39, 0.29) is 11.9 Å². The molecule has 3 heterocycles. The van der Waals surface area contributed by atoms with Crippen LogP contribution in [-0.4, -0.2) is 21.3 Å². The van der Waals surface area contributed by atoms with Crippen LogP contribution in [0.1, 0.15) is 29.3 Å². The number of carbonyl (C=O) groups is 1. The van der Waals surface area contributed by atoms with Crippen LogP contribution in [0.5, 0.6) is 0 Å². The number of rotatable bonds is 3. The van der Waals surface area contributed by atoms with E-state index in [1.54, 1.807) is 11.3 Å². The Kier molecular flexibility index (Phi) is 4.28. The first-order valence-corrected chi connectivity index (χ1v) is 10.8. The fourth-order valence-corrected chi connectivity index (χ4v) is 5.05. The number of amides is 1. The molecule has 1 atom stereocenters. The molecule has 4 nitrogen and oxygen atoms in total. The Morgan fingerprint density at radius 1 is 1.17 bits per heavy atom. The molecule has 0 aliphatic carbocycles. The largest absolute Gasteiger partial charge is 0.309 e. The summed E-state index contributed by atoms with van der Waals surface area (Å²) in [6, 6.07) is 14.8. The minimum absolute atomic E-state index is 0.142. The van der Waals surface area contributed by atoms with Gasteiger partial charge in [0.25, 0.3) is 0 Å². The molecule has 29 heavy (non-hydrogen) atoms. The van der Waals surface area contributed by atoms with Crippen molar-refractivity contribution < 1.29 is 4.79 Å². The van der Waals surface area contributed by atoms with Crippen molar-refractivity contribution in [2.24, 2.45) is 0 Å². The number of anilines is 1. The first kappa shape index (κ1) is 18.1. The van der Waals surface area contributed by atoms with E-state index in [1.165, 1.54) is 16.7 Å². The lowest BCUT2D eigenvalue weighted by molar-refractivity contribution is -0.118. The van der Waals surface area contributed by atoms with Crippen LogP contribution in [0.15, 0.2) is 54.0 Å². The number of fused-ring (bicyclic) bond motifs is 2. The summed E-state index contributed by atoms with van der Waals surface area (Å²) in [7, 11) is 0. The molecule has 1 amide bonds. The highest BCUT2D eigenvalue weighted by Crippen LogP contribution is 2.33. The average Bonchev–Trinajstić information content (AvgIpc) is 3.36. The van der Waals surface area contributed by atoms with Gasteiger partial charge in [0.1, 0.15) is 0 Å². The van der Waals surface area contributed by atoms with Crippen molar-refractivity contribution in [2.75, 3.05) is 4.90 Å². The zero-order valence-electron chi connectivity index (χ0n) is 16.8. The van der Waals surface area contributed by atoms with Gasteiger partial charge in [-0.25, -0.2) is 4.98 Å². The normalized spacial score (nSPS) is 15.8. The molecule has 0 bridgehead atoms. The maximum absolute atomic E-state index is 13.2. The topological polar surface area (TPSA) is 37.6 Å². The number of benzene rings is 2. The summed E-state index contributed by atoms with van der Waals surface area (Å²) in [6.45, 7) is 6.36. The van der Waals surface area contributed by atoms with Crippen molar-refractivity contribution in [3.8, 4) is 11.3 Å². The van der Waals surface area contributed by atoms with E-state index < -0.39 is 0 Å². The van der Waals surface area contributed by atoms with Crippen LogP contribution in [0.3, 0.4) is 0 Å². The summed E-state index contributed by atoms with van der Waals surface area (Å²) < 4.78 is 2.07. The monoisotopic (exact) mass is 401 g/mol. The molecule has 4 aromatic rings. The van der Waals surface area contributed by atoms with Gasteiger partial charge in [-0.3, -0.25) is 9.20 Å². The van der Waals surface area contributed by atoms with Gasteiger partial charge in [-0.15, -0.1) is 11.3 Å². The zero-order valence-corrected chi connectivity index (χ0v) is 17.7. The molecule has 1 aliphatic heterocycles. The van der Waals surface area contributed by atoms with Crippen molar-refractivity contribution in [2.45, 2.75) is 39.7 Å². The van der Waals surface area contributed by atoms with Crippen LogP contribution in [0, 0.1) is 13.8 Å². The third kappa shape index (κ3) is 3.06. The minimum Gasteiger partial charge on any atom is -0.309 e. The van der Waals surface area contributed by atoms with Gasteiger partial charge in [0.15, 0.2) is 4.96 Å². The summed E-state index contributed by atoms with van der Waals surface area (Å²) >= 11 is 1.59. The Morgan fingerprint density at radius 3 is 2.83 bits per heavy atom. The Morgan fingerprint density at radius 2 is 2.00 bits per heavy atom. The molecule has 5 heteroatoms. The van der Waals surface area contributed by atoms with Crippen LogP contribution in [-0.2, 0) is 17.6 Å². The number of nitrogens with zero attached hydrogens (tertiary/aromatic N) is 3. The number of para-hydroxylation sites is 1. The molecular formula is C24H23N3OS. The molecular weight excluding hydrogens is 378 g/mol. The Balaban J connectivity index is 1.45. The molecule has 5 rings (SSSR count). The fraction of sp³-hybridized carbons (Fsp3) is 0.250. The molecule has 0 spiro atoms. The Labute approximate surface area is 174 Å². The number of imidazole rings is 1. The fourth-order valence-electron chi connectivity index (χ4n) is 4.18. The predicted molar refractivity (Wildman–Crippen MR) is 119 cm³/mol. The van der Waals surface area contributed by atoms with E-state index in [1.807, 2.05) is 17.0 Å². The second-order valence-corrected chi connectivity index (χ2v) is 8.76. The first-order chi connectivity index (χ1) is 14.0. The highest BCUT2D eigenvalue weighted by Gasteiger charge is 2.30. The quantitative estimate of drug-likeness (QED) is 0.473. The number of aromatic nitrogens is 2. The SMILES string of the molecule is Cc1ccc(-c2cn3c(CC(=O)N4c5ccccc5C[C@H]4C)csc3n2)cc1C. The summed E-state index contributed by atoms with van der Waals surface area (Å²) in [5, 5.41) is 2.05. The zero-order chi connectivity index (χ0) is 20.1. The maximum atomic E-state index is 13.2. The lowest BCUT2D eigenvalue weighted by Gasteiger charge is -2.22. The molecule has 0 saturated carbocycles. The van der Waals surface area contributed by atoms with E-state index in [0.29, 0.717) is 6.42 Å². The minimum atomic E-state index is 0.142. The predicted octanol–water partition coefficient (Wildman–Crippen LogP) is 5.20. The smallest absolute Gasteiger partial charge is 0.233 e. The van der Waals surface area contributed by atoms with Gasteiger partial charge in [0, 0.05) is 34.6 Å². The highest BCUT2D eigenvalue weighted by molar-refractivity contribution is 7.15. The average molecular weight is 402 g/mol. The summed E-state index contributed by atoms with van der Waals surface area (Å²) in [6.07, 6.45) is 3.35. The lowest BCUT2D eigenvalue weighted by atomic mass is 10.0. The molecule has 0 fully saturated rings. The summed E-state index contributed by atoms with van der Waals surface area (Å²) in [5.74, 6) is 0.142. The van der Waals surface area contributed by atoms with Crippen molar-refractivity contribution in [1.29, 1.82) is 0 Å². The number of hydrogen-bond donors (Lipinski definition) is 0. The molecule has 0 unspecified atom stereocenters. The van der Waals surface area contributed by atoms with Crippen molar-refractivity contribution in [1.82, 2.24) is 9.38 Å². The van der Waals surface area contributed by atoms with E-state index in [0.717, 1.165) is 34.0 Å². The van der Waals surface area contributed by atoms with E-state index in [9.17, 15) is 4.79 Å². The standard InChI is InChI=1S/C24H23N3OS/c1-15-8-9-18(10-16(15)2)21-13-26-20(14-29-24(26)25-21)12-23(28)27-17(3)11-19-6-4-5-7-22(19)27/h4-10,13-14,17H,11-12H2,1-3H3/t17-/m1/s1. The number of hydrogen-bond acceptors (Lipinski definition) is 3. The van der Waals surface area contributed by atoms with Gasteiger partial charge in [0.05, 0.1) is 12.1 Å². The van der Waals surface area contributed by atoms with Crippen LogP contribution in [0.2, 0.25) is 0 Å². The van der Waals surface area contributed by atoms with Gasteiger partial charge in [-0.2, -0.15) is 0 Å². The van der Waals surface area contributed by atoms with Gasteiger partial charge >= 0.3 is 0 Å². The van der Waals surface area contributed by atoms with Crippen molar-refractivity contribution in [3.63, 3.8) is 0 Å². The van der Waals surface area contributed by atoms with Gasteiger partial charge < -0.3 is 4.90 Å². The van der Waals surface area contributed by atoms with E-state index in [4.69, 9.17) is 4.98 Å². The second-order valence-electron chi connectivity index (χ2n) is 7.93. The molecule has 0 radical (unpaired) electrons. The van der Waals surface area contributed by atoms with Gasteiger partial charge in [-0.05, 0) is 56.0 Å². The van der Waals surface area contributed by atoms with E-state index in [2.05, 4.69) is 67.1 Å². The number of aryl methyl sites for hydroxylation is 2. The Hall–Kier alpha value is -2.92. The molecule has 2 aromatic carbocycles. The van der Waals surface area contributed by atoms with Crippen molar-refractivity contribution in [3.05, 3.63) is 76.4 Å². The molecule has 146 valence electrons. The van der Waals surface area contributed by atoms with Crippen LogP contribution in [0.25, 0.3) is 16.2 Å². The van der Waals surface area contributed by atoms with Crippen LogP contribution >= 0.6 is 11.3 Å². The number of carbonyl (C=O) groups excluding carboxylic acids is 1. The molecule has 0 N–H and O–H groups in total. The molecule has 2 aromatic heterocycles. The second kappa shape index (κ2) is 6.85. The maximum Gasteiger partial charge on any atom is 0.233 e. The van der Waals surface area contributed by atoms with Crippen LogP contribution in [0.4, 0.5) is 5.69 Å². The van der Waals surface area contributed by atoms with Gasteiger partial charge in [0.2, 0.25) is 5.91 Å². The van der Waals surface area contributed by atoms with Gasteiger partial charge in [-0.1, -0.05) is 30.3 Å².